The number of allylic oxidation sites excluding steroid dienone is 1. The van der Waals surface area contributed by atoms with Crippen LogP contribution in [0.1, 0.15) is 36.4 Å². The Labute approximate surface area is 195 Å². The van der Waals surface area contributed by atoms with Crippen molar-refractivity contribution < 1.29 is 18.0 Å². The smallest absolute Gasteiger partial charge is 0.369 e. The zero-order valence-corrected chi connectivity index (χ0v) is 18.6. The minimum absolute atomic E-state index is 0.0909. The molecule has 0 radical (unpaired) electrons. The highest BCUT2D eigenvalue weighted by molar-refractivity contribution is 5.81. The number of carbonyl (C=O) groups is 1. The summed E-state index contributed by atoms with van der Waals surface area (Å²) in [6.07, 6.45) is 3.69. The van der Waals surface area contributed by atoms with Crippen molar-refractivity contribution in [2.45, 2.75) is 50.1 Å². The van der Waals surface area contributed by atoms with E-state index in [1.54, 1.807) is 6.20 Å². The lowest BCUT2D eigenvalue weighted by atomic mass is 9.97. The number of hydrogen-bond donors (Lipinski definition) is 4. The highest BCUT2D eigenvalue weighted by Crippen LogP contribution is 2.30. The molecule has 0 spiro atoms. The monoisotopic (exact) mass is 475 g/mol. The minimum atomic E-state index is -4.50. The average Bonchev–Trinajstić information content (AvgIpc) is 3.27. The topological polar surface area (TPSA) is 109 Å². The number of carbonyl (C=O) groups excluding carboxylic acids is 1. The number of nitrogens with two attached hydrogens (primary N) is 1. The second-order valence-electron chi connectivity index (χ2n) is 8.61. The van der Waals surface area contributed by atoms with E-state index in [1.165, 1.54) is 0 Å². The largest absolute Gasteiger partial charge is 0.419 e. The van der Waals surface area contributed by atoms with Gasteiger partial charge in [-0.2, -0.15) is 18.3 Å². The maximum Gasteiger partial charge on any atom is 0.419 e. The molecule has 4 rings (SSSR count). The fourth-order valence-electron chi connectivity index (χ4n) is 4.25. The molecule has 2 aliphatic heterocycles. The summed E-state index contributed by atoms with van der Waals surface area (Å²) in [5.41, 5.74) is 6.82. The number of benzene rings is 1. The molecule has 182 valence electrons. The van der Waals surface area contributed by atoms with Crippen LogP contribution < -0.4 is 21.7 Å². The van der Waals surface area contributed by atoms with Gasteiger partial charge in [0.25, 0.3) is 0 Å². The number of amides is 1. The van der Waals surface area contributed by atoms with Crippen LogP contribution in [0.2, 0.25) is 0 Å². The number of primary amides is 1. The molecule has 1 amide bonds. The third-order valence-electron chi connectivity index (χ3n) is 6.05. The van der Waals surface area contributed by atoms with Crippen LogP contribution in [0.15, 0.2) is 53.4 Å². The number of rotatable bonds is 8. The highest BCUT2D eigenvalue weighted by Gasteiger charge is 2.38. The fourth-order valence-corrected chi connectivity index (χ4v) is 4.25. The van der Waals surface area contributed by atoms with Crippen molar-refractivity contribution in [2.24, 2.45) is 10.7 Å². The number of hydrogen-bond acceptors (Lipinski definition) is 6. The first kappa shape index (κ1) is 23.8. The molecule has 2 aliphatic rings. The third-order valence-corrected chi connectivity index (χ3v) is 6.05. The van der Waals surface area contributed by atoms with Crippen molar-refractivity contribution in [1.29, 1.82) is 0 Å². The fraction of sp³-hybridized carbons (Fsp3) is 0.435. The van der Waals surface area contributed by atoms with E-state index in [0.717, 1.165) is 49.5 Å². The van der Waals surface area contributed by atoms with Gasteiger partial charge in [0.05, 0.1) is 29.9 Å². The Kier molecular flexibility index (Phi) is 6.92. The molecule has 1 aromatic carbocycles. The van der Waals surface area contributed by atoms with Crippen LogP contribution >= 0.6 is 0 Å². The summed E-state index contributed by atoms with van der Waals surface area (Å²) in [7, 11) is 0. The molecule has 2 atom stereocenters. The first-order valence-corrected chi connectivity index (χ1v) is 11.2. The van der Waals surface area contributed by atoms with Crippen molar-refractivity contribution in [3.05, 3.63) is 59.6 Å². The van der Waals surface area contributed by atoms with Crippen LogP contribution in [0.3, 0.4) is 0 Å². The van der Waals surface area contributed by atoms with Gasteiger partial charge in [-0.15, -0.1) is 0 Å². The Balaban J connectivity index is 1.54. The zero-order chi connectivity index (χ0) is 24.2. The highest BCUT2D eigenvalue weighted by atomic mass is 19.4. The van der Waals surface area contributed by atoms with Crippen molar-refractivity contribution in [3.8, 4) is 0 Å². The molecule has 1 aromatic heterocycles. The maximum atomic E-state index is 13.2. The molecular weight excluding hydrogens is 447 g/mol. The van der Waals surface area contributed by atoms with E-state index in [4.69, 9.17) is 5.73 Å². The summed E-state index contributed by atoms with van der Waals surface area (Å²) in [4.78, 5) is 15.7. The van der Waals surface area contributed by atoms with E-state index in [2.05, 4.69) is 26.0 Å². The number of alkyl halides is 3. The zero-order valence-electron chi connectivity index (χ0n) is 18.6. The number of halogens is 3. The van der Waals surface area contributed by atoms with Gasteiger partial charge in [0, 0.05) is 31.6 Å². The predicted octanol–water partition coefficient (Wildman–Crippen LogP) is 2.65. The number of aromatic nitrogens is 2. The molecule has 1 saturated heterocycles. The van der Waals surface area contributed by atoms with Crippen molar-refractivity contribution in [3.63, 3.8) is 0 Å². The van der Waals surface area contributed by atoms with Gasteiger partial charge in [-0.25, -0.2) is 4.99 Å². The van der Waals surface area contributed by atoms with Gasteiger partial charge in [0.15, 0.2) is 0 Å². The number of piperidine rings is 1. The van der Waals surface area contributed by atoms with Crippen molar-refractivity contribution in [1.82, 2.24) is 20.4 Å². The molecule has 11 heteroatoms. The second kappa shape index (κ2) is 9.88. The van der Waals surface area contributed by atoms with Gasteiger partial charge < -0.3 is 21.7 Å². The average molecular weight is 476 g/mol. The van der Waals surface area contributed by atoms with Crippen LogP contribution in [0, 0.1) is 0 Å². The SMILES string of the molecule is NC(=O)Cc1ccccc1CCC1(Nc2cnn(C3CCCNC3)c2)N=CC(C(F)(F)F)=CN1. The molecule has 3 heterocycles. The van der Waals surface area contributed by atoms with Crippen LogP contribution in [0.4, 0.5) is 18.9 Å². The predicted molar refractivity (Wildman–Crippen MR) is 123 cm³/mol. The van der Waals surface area contributed by atoms with E-state index >= 15 is 0 Å². The van der Waals surface area contributed by atoms with Gasteiger partial charge in [0.1, 0.15) is 0 Å². The lowest BCUT2D eigenvalue weighted by Crippen LogP contribution is -2.50. The van der Waals surface area contributed by atoms with Gasteiger partial charge in [-0.1, -0.05) is 24.3 Å². The molecule has 2 aromatic rings. The summed E-state index contributed by atoms with van der Waals surface area (Å²) in [6, 6.07) is 7.59. The quantitative estimate of drug-likeness (QED) is 0.469. The molecule has 5 N–H and O–H groups in total. The van der Waals surface area contributed by atoms with E-state index in [1.807, 2.05) is 35.1 Å². The first-order chi connectivity index (χ1) is 16.2. The van der Waals surface area contributed by atoms with Gasteiger partial charge in [0.2, 0.25) is 11.7 Å². The van der Waals surface area contributed by atoms with E-state index in [9.17, 15) is 18.0 Å². The van der Waals surface area contributed by atoms with E-state index in [-0.39, 0.29) is 12.5 Å². The van der Waals surface area contributed by atoms with E-state index < -0.39 is 23.4 Å². The van der Waals surface area contributed by atoms with Gasteiger partial charge in [-0.05, 0) is 36.9 Å². The summed E-state index contributed by atoms with van der Waals surface area (Å²) in [5.74, 6) is -1.66. The lowest BCUT2D eigenvalue weighted by molar-refractivity contribution is -0.117. The van der Waals surface area contributed by atoms with Crippen molar-refractivity contribution >= 4 is 17.8 Å². The number of nitrogens with zero attached hydrogens (tertiary/aromatic N) is 3. The summed E-state index contributed by atoms with van der Waals surface area (Å²) in [5, 5.41) is 13.9. The van der Waals surface area contributed by atoms with Crippen molar-refractivity contribution in [2.75, 3.05) is 18.4 Å². The second-order valence-corrected chi connectivity index (χ2v) is 8.61. The molecule has 8 nitrogen and oxygen atoms in total. The van der Waals surface area contributed by atoms with Crippen LogP contribution in [-0.4, -0.2) is 47.0 Å². The van der Waals surface area contributed by atoms with Crippen LogP contribution in [-0.2, 0) is 17.6 Å². The molecule has 34 heavy (non-hydrogen) atoms. The summed E-state index contributed by atoms with van der Waals surface area (Å²) in [6.45, 7) is 1.80. The lowest BCUT2D eigenvalue weighted by Gasteiger charge is -2.34. The number of nitrogens with one attached hydrogen (secondary N) is 3. The number of anilines is 1. The summed E-state index contributed by atoms with van der Waals surface area (Å²) >= 11 is 0. The van der Waals surface area contributed by atoms with Crippen LogP contribution in [0.5, 0.6) is 0 Å². The van der Waals surface area contributed by atoms with Gasteiger partial charge >= 0.3 is 6.18 Å². The Hall–Kier alpha value is -3.34. The Morgan fingerprint density at radius 3 is 2.74 bits per heavy atom. The number of aliphatic imine (C=N–C) groups is 1. The Morgan fingerprint density at radius 2 is 2.09 bits per heavy atom. The molecule has 0 bridgehead atoms. The maximum absolute atomic E-state index is 13.2. The number of aryl methyl sites for hydroxylation is 1. The summed E-state index contributed by atoms with van der Waals surface area (Å²) < 4.78 is 41.4. The molecule has 0 aliphatic carbocycles. The third kappa shape index (κ3) is 5.77. The Bertz CT molecular complexity index is 1070. The minimum Gasteiger partial charge on any atom is -0.369 e. The van der Waals surface area contributed by atoms with E-state index in [0.29, 0.717) is 18.5 Å². The first-order valence-electron chi connectivity index (χ1n) is 11.2. The molecule has 2 unspecified atom stereocenters. The molecular formula is C23H28F3N7O. The molecule has 1 fully saturated rings. The molecule has 0 saturated carbocycles. The standard InChI is InChI=1S/C23H28F3N7O/c24-23(25,26)18-11-29-22(30-12-18,8-7-16-4-1-2-5-17(16)10-21(27)34)32-19-13-31-33(15-19)20-6-3-9-28-14-20/h1-2,4-5,11-13,15,20,28-29,32H,3,6-10,14H2,(H2,27,34). The normalized spacial score (nSPS) is 22.7. The Morgan fingerprint density at radius 1 is 1.29 bits per heavy atom. The van der Waals surface area contributed by atoms with Gasteiger partial charge in [-0.3, -0.25) is 9.48 Å². The van der Waals surface area contributed by atoms with Crippen LogP contribution in [0.25, 0.3) is 0 Å².